The predicted molar refractivity (Wildman–Crippen MR) is 151 cm³/mol. The van der Waals surface area contributed by atoms with Crippen molar-refractivity contribution in [2.45, 2.75) is 80.8 Å². The van der Waals surface area contributed by atoms with Crippen molar-refractivity contribution in [2.24, 2.45) is 5.92 Å². The van der Waals surface area contributed by atoms with Crippen molar-refractivity contribution in [3.63, 3.8) is 0 Å². The smallest absolute Gasteiger partial charge is 0.343 e. The van der Waals surface area contributed by atoms with Crippen molar-refractivity contribution in [2.75, 3.05) is 0 Å². The minimum Gasteiger partial charge on any atom is -0.487 e. The molecule has 0 N–H and O–H groups in total. The van der Waals surface area contributed by atoms with Gasteiger partial charge in [-0.05, 0) is 117 Å². The molecule has 0 atom stereocenters. The van der Waals surface area contributed by atoms with E-state index in [0.29, 0.717) is 16.9 Å². The topological polar surface area (TPSA) is 52.6 Å². The molecule has 0 aliphatic heterocycles. The Morgan fingerprint density at radius 2 is 1.22 bits per heavy atom. The number of carbonyl (C=O) groups is 2. The molecule has 0 aliphatic carbocycles. The van der Waals surface area contributed by atoms with Crippen molar-refractivity contribution < 1.29 is 19.1 Å². The number of hydrogen-bond donors (Lipinski definition) is 0. The Kier molecular flexibility index (Phi) is 8.63. The standard InChI is InChI=1S/C33H40O4/c1-10-33(9,11-2)37-31-23(7)17-28(18-24(31)8)27-15-21(5)30(22(6)16-27)36-32(35)26-14-12-13-25(19-26)29(34)20(3)4/h12-20H,10-11H2,1-9H3. The third-order valence-electron chi connectivity index (χ3n) is 7.20. The number of carbonyl (C=O) groups excluding carboxylic acids is 2. The predicted octanol–water partition coefficient (Wildman–Crippen LogP) is 8.60. The highest BCUT2D eigenvalue weighted by molar-refractivity contribution is 6.00. The summed E-state index contributed by atoms with van der Waals surface area (Å²) in [6, 6.07) is 15.1. The van der Waals surface area contributed by atoms with Gasteiger partial charge in [0.25, 0.3) is 0 Å². The Morgan fingerprint density at radius 3 is 1.68 bits per heavy atom. The Bertz CT molecular complexity index is 1270. The van der Waals surface area contributed by atoms with E-state index in [1.165, 1.54) is 0 Å². The Morgan fingerprint density at radius 1 is 0.757 bits per heavy atom. The van der Waals surface area contributed by atoms with E-state index in [0.717, 1.165) is 52.0 Å². The van der Waals surface area contributed by atoms with Crippen molar-refractivity contribution in [3.05, 3.63) is 81.9 Å². The van der Waals surface area contributed by atoms with Gasteiger partial charge in [-0.1, -0.05) is 39.8 Å². The lowest BCUT2D eigenvalue weighted by Crippen LogP contribution is -2.31. The highest BCUT2D eigenvalue weighted by Crippen LogP contribution is 2.36. The molecule has 0 bridgehead atoms. The summed E-state index contributed by atoms with van der Waals surface area (Å²) in [6.07, 6.45) is 1.89. The summed E-state index contributed by atoms with van der Waals surface area (Å²) < 4.78 is 12.3. The first kappa shape index (κ1) is 28.2. The maximum atomic E-state index is 13.0. The summed E-state index contributed by atoms with van der Waals surface area (Å²) >= 11 is 0. The van der Waals surface area contributed by atoms with Crippen LogP contribution in [-0.2, 0) is 0 Å². The second-order valence-corrected chi connectivity index (χ2v) is 10.6. The highest BCUT2D eigenvalue weighted by Gasteiger charge is 2.24. The lowest BCUT2D eigenvalue weighted by molar-refractivity contribution is 0.0732. The second-order valence-electron chi connectivity index (χ2n) is 10.6. The number of hydrogen-bond acceptors (Lipinski definition) is 4. The monoisotopic (exact) mass is 500 g/mol. The van der Waals surface area contributed by atoms with E-state index in [1.54, 1.807) is 24.3 Å². The molecule has 0 saturated carbocycles. The Balaban J connectivity index is 1.89. The van der Waals surface area contributed by atoms with Crippen LogP contribution in [0, 0.1) is 33.6 Å². The van der Waals surface area contributed by atoms with E-state index in [2.05, 4.69) is 46.8 Å². The van der Waals surface area contributed by atoms with Crippen LogP contribution in [0.1, 0.15) is 90.4 Å². The number of ketones is 1. The van der Waals surface area contributed by atoms with Gasteiger partial charge in [0.1, 0.15) is 17.1 Å². The average molecular weight is 501 g/mol. The zero-order valence-electron chi connectivity index (χ0n) is 23.7. The van der Waals surface area contributed by atoms with Crippen molar-refractivity contribution >= 4 is 11.8 Å². The first-order chi connectivity index (χ1) is 17.4. The first-order valence-corrected chi connectivity index (χ1v) is 13.2. The second kappa shape index (κ2) is 11.3. The van der Waals surface area contributed by atoms with Crippen LogP contribution in [0.25, 0.3) is 11.1 Å². The molecule has 0 unspecified atom stereocenters. The number of benzene rings is 3. The normalized spacial score (nSPS) is 11.5. The van der Waals surface area contributed by atoms with Crippen molar-refractivity contribution in [1.82, 2.24) is 0 Å². The number of aryl methyl sites for hydroxylation is 4. The third kappa shape index (κ3) is 6.30. The van der Waals surface area contributed by atoms with Crippen molar-refractivity contribution in [3.8, 4) is 22.6 Å². The van der Waals surface area contributed by atoms with E-state index in [-0.39, 0.29) is 17.3 Å². The molecule has 0 radical (unpaired) electrons. The maximum absolute atomic E-state index is 13.0. The van der Waals surface area contributed by atoms with E-state index in [9.17, 15) is 9.59 Å². The third-order valence-corrected chi connectivity index (χ3v) is 7.20. The highest BCUT2D eigenvalue weighted by atomic mass is 16.5. The van der Waals surface area contributed by atoms with E-state index >= 15 is 0 Å². The first-order valence-electron chi connectivity index (χ1n) is 13.2. The maximum Gasteiger partial charge on any atom is 0.343 e. The van der Waals surface area contributed by atoms with Gasteiger partial charge < -0.3 is 9.47 Å². The van der Waals surface area contributed by atoms with E-state index < -0.39 is 5.97 Å². The fraction of sp³-hybridized carbons (Fsp3) is 0.394. The molecule has 3 aromatic rings. The van der Waals surface area contributed by atoms with Gasteiger partial charge in [0.15, 0.2) is 5.78 Å². The van der Waals surface area contributed by atoms with Crippen LogP contribution in [0.2, 0.25) is 0 Å². The zero-order valence-corrected chi connectivity index (χ0v) is 23.7. The molecule has 3 rings (SSSR count). The van der Waals surface area contributed by atoms with Crippen LogP contribution in [0.3, 0.4) is 0 Å². The molecular formula is C33H40O4. The Hall–Kier alpha value is -3.40. The van der Waals surface area contributed by atoms with Gasteiger partial charge >= 0.3 is 5.97 Å². The molecule has 4 heteroatoms. The summed E-state index contributed by atoms with van der Waals surface area (Å²) in [5, 5.41) is 0. The fourth-order valence-corrected chi connectivity index (χ4v) is 4.48. The number of esters is 1. The van der Waals surface area contributed by atoms with Gasteiger partial charge in [0.2, 0.25) is 0 Å². The van der Waals surface area contributed by atoms with Gasteiger partial charge in [0.05, 0.1) is 5.56 Å². The van der Waals surface area contributed by atoms with E-state index in [4.69, 9.17) is 9.47 Å². The fourth-order valence-electron chi connectivity index (χ4n) is 4.48. The molecule has 37 heavy (non-hydrogen) atoms. The largest absolute Gasteiger partial charge is 0.487 e. The minimum atomic E-state index is -0.472. The molecule has 0 amide bonds. The molecule has 4 nitrogen and oxygen atoms in total. The van der Waals surface area contributed by atoms with Crippen LogP contribution >= 0.6 is 0 Å². The minimum absolute atomic E-state index is 0.00221. The molecule has 0 aliphatic rings. The average Bonchev–Trinajstić information content (AvgIpc) is 2.87. The lowest BCUT2D eigenvalue weighted by atomic mass is 9.95. The van der Waals surface area contributed by atoms with Crippen molar-refractivity contribution in [1.29, 1.82) is 0 Å². The summed E-state index contributed by atoms with van der Waals surface area (Å²) in [5.41, 5.74) is 6.81. The molecule has 0 spiro atoms. The summed E-state index contributed by atoms with van der Waals surface area (Å²) in [4.78, 5) is 25.3. The lowest BCUT2D eigenvalue weighted by Gasteiger charge is -2.30. The SMILES string of the molecule is CCC(C)(CC)Oc1c(C)cc(-c2cc(C)c(OC(=O)c3cccc(C(=O)C(C)C)c3)c(C)c2)cc1C. The van der Waals surface area contributed by atoms with Gasteiger partial charge in [-0.3, -0.25) is 4.79 Å². The van der Waals surface area contributed by atoms with Crippen LogP contribution in [0.5, 0.6) is 11.5 Å². The number of ether oxygens (including phenoxy) is 2. The van der Waals surface area contributed by atoms with Crippen LogP contribution < -0.4 is 9.47 Å². The van der Waals surface area contributed by atoms with Crippen LogP contribution in [0.15, 0.2) is 48.5 Å². The van der Waals surface area contributed by atoms with Gasteiger partial charge in [-0.15, -0.1) is 0 Å². The van der Waals surface area contributed by atoms with E-state index in [1.807, 2.05) is 39.8 Å². The molecular weight excluding hydrogens is 460 g/mol. The van der Waals surface area contributed by atoms with Gasteiger partial charge in [0, 0.05) is 11.5 Å². The number of Topliss-reactive ketones (excluding diaryl/α,β-unsaturated/α-hetero) is 1. The van der Waals surface area contributed by atoms with Crippen LogP contribution in [0.4, 0.5) is 0 Å². The molecule has 196 valence electrons. The summed E-state index contributed by atoms with van der Waals surface area (Å²) in [5.74, 6) is 0.887. The Labute approximate surface area is 222 Å². The molecule has 0 heterocycles. The van der Waals surface area contributed by atoms with Crippen LogP contribution in [-0.4, -0.2) is 17.4 Å². The zero-order chi connectivity index (χ0) is 27.5. The summed E-state index contributed by atoms with van der Waals surface area (Å²) in [6.45, 7) is 18.2. The summed E-state index contributed by atoms with van der Waals surface area (Å²) in [7, 11) is 0. The quantitative estimate of drug-likeness (QED) is 0.168. The molecule has 3 aromatic carbocycles. The number of rotatable bonds is 9. The van der Waals surface area contributed by atoms with Gasteiger partial charge in [-0.2, -0.15) is 0 Å². The molecule has 0 aromatic heterocycles. The molecule has 0 fully saturated rings. The molecule has 0 saturated heterocycles. The van der Waals surface area contributed by atoms with Gasteiger partial charge in [-0.25, -0.2) is 4.79 Å².